The Bertz CT molecular complexity index is 445. The quantitative estimate of drug-likeness (QED) is 0.758. The van der Waals surface area contributed by atoms with Gasteiger partial charge >= 0.3 is 0 Å². The summed E-state index contributed by atoms with van der Waals surface area (Å²) in [6, 6.07) is 3.39. The van der Waals surface area contributed by atoms with Crippen LogP contribution >= 0.6 is 12.2 Å². The molecule has 1 fully saturated rings. The van der Waals surface area contributed by atoms with E-state index in [9.17, 15) is 4.79 Å². The number of pyridine rings is 1. The molecule has 90 valence electrons. The van der Waals surface area contributed by atoms with Crippen LogP contribution < -0.4 is 11.1 Å². The van der Waals surface area contributed by atoms with Crippen molar-refractivity contribution in [2.24, 2.45) is 5.73 Å². The van der Waals surface area contributed by atoms with Crippen LogP contribution in [0.5, 0.6) is 0 Å². The molecule has 1 unspecified atom stereocenters. The second kappa shape index (κ2) is 4.67. The number of nitrogens with two attached hydrogens (primary N) is 1. The van der Waals surface area contributed by atoms with Crippen molar-refractivity contribution in [3.05, 3.63) is 23.9 Å². The highest BCUT2D eigenvalue weighted by Gasteiger charge is 2.28. The van der Waals surface area contributed by atoms with Crippen molar-refractivity contribution in [3.8, 4) is 0 Å². The summed E-state index contributed by atoms with van der Waals surface area (Å²) in [5.41, 5.74) is 6.20. The Labute approximate surface area is 105 Å². The molecule has 1 aromatic rings. The summed E-state index contributed by atoms with van der Waals surface area (Å²) >= 11 is 4.84. The number of hydrogen-bond donors (Lipinski definition) is 2. The lowest BCUT2D eigenvalue weighted by Crippen LogP contribution is -2.31. The predicted molar refractivity (Wildman–Crippen MR) is 69.8 cm³/mol. The highest BCUT2D eigenvalue weighted by atomic mass is 32.1. The number of aromatic nitrogens is 1. The van der Waals surface area contributed by atoms with E-state index in [0.29, 0.717) is 10.8 Å². The molecule has 1 aliphatic rings. The molecule has 1 saturated heterocycles. The topological polar surface area (TPSA) is 71.2 Å². The number of likely N-dealkylation sites (N-methyl/N-ethyl adjacent to an activating group) is 1. The van der Waals surface area contributed by atoms with Crippen LogP contribution in [-0.4, -0.2) is 40.4 Å². The smallest absolute Gasteiger partial charge is 0.244 e. The van der Waals surface area contributed by atoms with Crippen molar-refractivity contribution in [2.75, 3.05) is 18.9 Å². The van der Waals surface area contributed by atoms with Gasteiger partial charge in [-0.15, -0.1) is 0 Å². The lowest BCUT2D eigenvalue weighted by Gasteiger charge is -2.12. The second-order valence-electron chi connectivity index (χ2n) is 4.04. The Kier molecular flexibility index (Phi) is 3.23. The molecule has 0 radical (unpaired) electrons. The monoisotopic (exact) mass is 250 g/mol. The summed E-state index contributed by atoms with van der Waals surface area (Å²) in [5.74, 6) is 0.767. The first-order chi connectivity index (χ1) is 8.08. The summed E-state index contributed by atoms with van der Waals surface area (Å²) in [5, 5.41) is 3.10. The first-order valence-corrected chi connectivity index (χ1v) is 5.76. The zero-order valence-electron chi connectivity index (χ0n) is 9.51. The number of anilines is 1. The number of rotatable bonds is 3. The lowest BCUT2D eigenvalue weighted by atomic mass is 10.2. The minimum atomic E-state index is -0.178. The van der Waals surface area contributed by atoms with Crippen molar-refractivity contribution < 1.29 is 4.79 Å². The van der Waals surface area contributed by atoms with Gasteiger partial charge < -0.3 is 16.0 Å². The normalized spacial score (nSPS) is 19.5. The van der Waals surface area contributed by atoms with Gasteiger partial charge in [0.25, 0.3) is 0 Å². The molecule has 5 nitrogen and oxygen atoms in total. The minimum Gasteiger partial charge on any atom is -0.389 e. The van der Waals surface area contributed by atoms with Gasteiger partial charge in [-0.3, -0.25) is 4.79 Å². The summed E-state index contributed by atoms with van der Waals surface area (Å²) < 4.78 is 0. The van der Waals surface area contributed by atoms with Crippen LogP contribution in [0, 0.1) is 0 Å². The number of likely N-dealkylation sites (tertiary alicyclic amines) is 1. The van der Waals surface area contributed by atoms with Crippen molar-refractivity contribution in [1.29, 1.82) is 0 Å². The summed E-state index contributed by atoms with van der Waals surface area (Å²) in [6.07, 6.45) is 2.40. The molecular formula is C11H14N4OS. The first kappa shape index (κ1) is 11.8. The lowest BCUT2D eigenvalue weighted by molar-refractivity contribution is -0.127. The fourth-order valence-corrected chi connectivity index (χ4v) is 1.88. The molecule has 0 saturated carbocycles. The van der Waals surface area contributed by atoms with E-state index in [4.69, 9.17) is 18.0 Å². The minimum absolute atomic E-state index is 0.102. The van der Waals surface area contributed by atoms with Crippen LogP contribution in [0.3, 0.4) is 0 Å². The molecule has 1 aromatic heterocycles. The third-order valence-corrected chi connectivity index (χ3v) is 3.03. The van der Waals surface area contributed by atoms with Crippen LogP contribution in [0.2, 0.25) is 0 Å². The van der Waals surface area contributed by atoms with E-state index in [0.717, 1.165) is 18.5 Å². The molecule has 2 heterocycles. The number of nitrogens with zero attached hydrogens (tertiary/aromatic N) is 2. The average Bonchev–Trinajstić information content (AvgIpc) is 2.62. The molecule has 2 rings (SSSR count). The maximum Gasteiger partial charge on any atom is 0.244 e. The largest absolute Gasteiger partial charge is 0.389 e. The molecule has 1 amide bonds. The highest BCUT2D eigenvalue weighted by Crippen LogP contribution is 2.14. The maximum absolute atomic E-state index is 11.7. The molecule has 0 aliphatic carbocycles. The van der Waals surface area contributed by atoms with Gasteiger partial charge in [-0.1, -0.05) is 12.2 Å². The van der Waals surface area contributed by atoms with E-state index in [-0.39, 0.29) is 11.9 Å². The van der Waals surface area contributed by atoms with E-state index in [1.807, 2.05) is 0 Å². The Morgan fingerprint density at radius 2 is 2.41 bits per heavy atom. The van der Waals surface area contributed by atoms with Crippen molar-refractivity contribution in [3.63, 3.8) is 0 Å². The number of hydrogen-bond acceptors (Lipinski definition) is 4. The van der Waals surface area contributed by atoms with Crippen LogP contribution in [0.4, 0.5) is 5.82 Å². The predicted octanol–water partition coefficient (Wildman–Crippen LogP) is 0.358. The van der Waals surface area contributed by atoms with Gasteiger partial charge in [-0.05, 0) is 18.6 Å². The fourth-order valence-electron chi connectivity index (χ4n) is 1.76. The molecule has 0 spiro atoms. The Morgan fingerprint density at radius 3 is 2.88 bits per heavy atom. The summed E-state index contributed by atoms with van der Waals surface area (Å²) in [4.78, 5) is 17.9. The van der Waals surface area contributed by atoms with E-state index in [1.54, 1.807) is 30.3 Å². The zero-order chi connectivity index (χ0) is 12.4. The summed E-state index contributed by atoms with van der Waals surface area (Å²) in [6.45, 7) is 0.779. The van der Waals surface area contributed by atoms with Crippen LogP contribution in [0.15, 0.2) is 18.3 Å². The van der Waals surface area contributed by atoms with Gasteiger partial charge in [0.1, 0.15) is 16.8 Å². The standard InChI is InChI=1S/C11H14N4OS/c1-15-5-4-8(11(15)16)14-9-3-2-7(6-13-9)10(12)17/h2-3,6,8H,4-5H2,1H3,(H2,12,17)(H,13,14). The third kappa shape index (κ3) is 2.52. The Morgan fingerprint density at radius 1 is 1.65 bits per heavy atom. The van der Waals surface area contributed by atoms with Crippen LogP contribution in [0.1, 0.15) is 12.0 Å². The number of nitrogens with one attached hydrogen (secondary N) is 1. The zero-order valence-corrected chi connectivity index (χ0v) is 10.3. The van der Waals surface area contributed by atoms with Crippen molar-refractivity contribution in [1.82, 2.24) is 9.88 Å². The van der Waals surface area contributed by atoms with Gasteiger partial charge in [0, 0.05) is 25.4 Å². The number of thiocarbonyl (C=S) groups is 1. The van der Waals surface area contributed by atoms with Gasteiger partial charge in [-0.2, -0.15) is 0 Å². The van der Waals surface area contributed by atoms with Gasteiger partial charge in [0.2, 0.25) is 5.91 Å². The maximum atomic E-state index is 11.7. The molecule has 6 heteroatoms. The van der Waals surface area contributed by atoms with Crippen molar-refractivity contribution in [2.45, 2.75) is 12.5 Å². The average molecular weight is 250 g/mol. The molecule has 1 aliphatic heterocycles. The van der Waals surface area contributed by atoms with E-state index in [1.165, 1.54) is 0 Å². The second-order valence-corrected chi connectivity index (χ2v) is 4.48. The fraction of sp³-hybridized carbons (Fsp3) is 0.364. The Balaban J connectivity index is 2.04. The van der Waals surface area contributed by atoms with Crippen LogP contribution in [0.25, 0.3) is 0 Å². The molecule has 17 heavy (non-hydrogen) atoms. The highest BCUT2D eigenvalue weighted by molar-refractivity contribution is 7.80. The molecular weight excluding hydrogens is 236 g/mol. The van der Waals surface area contributed by atoms with Gasteiger partial charge in [0.05, 0.1) is 0 Å². The molecule has 1 atom stereocenters. The van der Waals surface area contributed by atoms with Gasteiger partial charge in [0.15, 0.2) is 0 Å². The molecule has 0 aromatic carbocycles. The molecule has 3 N–H and O–H groups in total. The van der Waals surface area contributed by atoms with Crippen LogP contribution in [-0.2, 0) is 4.79 Å². The van der Waals surface area contributed by atoms with E-state index >= 15 is 0 Å². The van der Waals surface area contributed by atoms with E-state index < -0.39 is 0 Å². The van der Waals surface area contributed by atoms with E-state index in [2.05, 4.69) is 10.3 Å². The SMILES string of the molecule is CN1CCC(Nc2ccc(C(N)=S)cn2)C1=O. The molecule has 0 bridgehead atoms. The Hall–Kier alpha value is -1.69. The third-order valence-electron chi connectivity index (χ3n) is 2.80. The van der Waals surface area contributed by atoms with Gasteiger partial charge in [-0.25, -0.2) is 4.98 Å². The number of amides is 1. The number of carbonyl (C=O) groups excluding carboxylic acids is 1. The first-order valence-electron chi connectivity index (χ1n) is 5.35. The van der Waals surface area contributed by atoms with Crippen molar-refractivity contribution >= 4 is 28.9 Å². The summed E-state index contributed by atoms with van der Waals surface area (Å²) in [7, 11) is 1.80. The number of carbonyl (C=O) groups is 1.